The fourth-order valence-corrected chi connectivity index (χ4v) is 1.82. The number of carboxylic acids is 1. The topological polar surface area (TPSA) is 87.7 Å². The first-order valence-electron chi connectivity index (χ1n) is 4.93. The highest BCUT2D eigenvalue weighted by Gasteiger charge is 2.13. The van der Waals surface area contributed by atoms with Crippen molar-refractivity contribution in [3.63, 3.8) is 0 Å². The van der Waals surface area contributed by atoms with E-state index >= 15 is 0 Å². The second-order valence-corrected chi connectivity index (χ2v) is 4.27. The number of nitrogens with one attached hydrogen (secondary N) is 2. The Labute approximate surface area is 103 Å². The normalized spacial score (nSPS) is 11.9. The third-order valence-corrected chi connectivity index (χ3v) is 2.90. The summed E-state index contributed by atoms with van der Waals surface area (Å²) in [6, 6.07) is 0.999. The van der Waals surface area contributed by atoms with Gasteiger partial charge in [0.25, 0.3) is 0 Å². The van der Waals surface area contributed by atoms with Crippen LogP contribution in [0.1, 0.15) is 17.3 Å². The van der Waals surface area contributed by atoms with Crippen molar-refractivity contribution in [2.24, 2.45) is 0 Å². The maximum atomic E-state index is 11.4. The van der Waals surface area contributed by atoms with Crippen molar-refractivity contribution in [1.82, 2.24) is 5.32 Å². The quantitative estimate of drug-likeness (QED) is 0.748. The molecular formula is C10H14N2O4S. The number of methoxy groups -OCH3 is 1. The second kappa shape index (κ2) is 6.21. The Hall–Kier alpha value is -1.60. The zero-order valence-electron chi connectivity index (χ0n) is 9.52. The molecule has 0 aromatic carbocycles. The number of carbonyl (C=O) groups is 2. The molecule has 1 atom stereocenters. The van der Waals surface area contributed by atoms with Gasteiger partial charge >= 0.3 is 12.0 Å². The maximum Gasteiger partial charge on any atom is 0.338 e. The number of hydrogen-bond acceptors (Lipinski definition) is 4. The van der Waals surface area contributed by atoms with E-state index in [1.165, 1.54) is 6.07 Å². The molecule has 0 fully saturated rings. The van der Waals surface area contributed by atoms with Crippen molar-refractivity contribution in [1.29, 1.82) is 0 Å². The Morgan fingerprint density at radius 2 is 2.29 bits per heavy atom. The largest absolute Gasteiger partial charge is 0.478 e. The summed E-state index contributed by atoms with van der Waals surface area (Å²) >= 11 is 1.16. The number of anilines is 1. The van der Waals surface area contributed by atoms with Crippen LogP contribution in [0.25, 0.3) is 0 Å². The lowest BCUT2D eigenvalue weighted by Crippen LogP contribution is -2.34. The van der Waals surface area contributed by atoms with Crippen LogP contribution in [0.4, 0.5) is 9.80 Å². The summed E-state index contributed by atoms with van der Waals surface area (Å²) in [6.45, 7) is 2.17. The van der Waals surface area contributed by atoms with Crippen LogP contribution in [-0.4, -0.2) is 36.9 Å². The van der Waals surface area contributed by atoms with Crippen LogP contribution in [0.2, 0.25) is 0 Å². The van der Waals surface area contributed by atoms with Crippen LogP contribution in [0, 0.1) is 0 Å². The van der Waals surface area contributed by atoms with Gasteiger partial charge in [-0.15, -0.1) is 11.3 Å². The van der Waals surface area contributed by atoms with Crippen LogP contribution < -0.4 is 10.6 Å². The minimum Gasteiger partial charge on any atom is -0.478 e. The summed E-state index contributed by atoms with van der Waals surface area (Å²) in [6.07, 6.45) is -0.0944. The van der Waals surface area contributed by atoms with Crippen molar-refractivity contribution in [3.8, 4) is 0 Å². The van der Waals surface area contributed by atoms with Gasteiger partial charge in [0.05, 0.1) is 11.7 Å². The minimum atomic E-state index is -1.06. The molecule has 1 heterocycles. The van der Waals surface area contributed by atoms with Crippen LogP contribution in [0.15, 0.2) is 11.4 Å². The van der Waals surface area contributed by atoms with E-state index < -0.39 is 12.0 Å². The fourth-order valence-electron chi connectivity index (χ4n) is 1.04. The molecule has 1 aromatic heterocycles. The molecule has 2 amide bonds. The molecule has 1 aromatic rings. The highest BCUT2D eigenvalue weighted by molar-refractivity contribution is 7.14. The molecule has 7 heteroatoms. The number of thiophene rings is 1. The molecule has 0 bridgehead atoms. The van der Waals surface area contributed by atoms with Crippen molar-refractivity contribution < 1.29 is 19.4 Å². The number of urea groups is 1. The van der Waals surface area contributed by atoms with Gasteiger partial charge in [-0.3, -0.25) is 5.32 Å². The van der Waals surface area contributed by atoms with Gasteiger partial charge in [-0.25, -0.2) is 9.59 Å². The number of carboxylic acid groups (broad SMARTS) is 1. The van der Waals surface area contributed by atoms with Crippen LogP contribution in [0.3, 0.4) is 0 Å². The molecule has 0 radical (unpaired) electrons. The molecule has 94 valence electrons. The van der Waals surface area contributed by atoms with E-state index in [-0.39, 0.29) is 11.7 Å². The zero-order valence-corrected chi connectivity index (χ0v) is 10.3. The third-order valence-electron chi connectivity index (χ3n) is 2.08. The summed E-state index contributed by atoms with van der Waals surface area (Å²) < 4.78 is 4.96. The standard InChI is InChI=1S/C10H14N2O4S/c1-6(16-2)5-11-10(15)12-8-7(9(13)14)3-4-17-8/h3-4,6H,5H2,1-2H3,(H,13,14)(H2,11,12,15). The van der Waals surface area contributed by atoms with E-state index in [0.717, 1.165) is 11.3 Å². The highest BCUT2D eigenvalue weighted by Crippen LogP contribution is 2.22. The highest BCUT2D eigenvalue weighted by atomic mass is 32.1. The molecule has 1 rings (SSSR count). The average molecular weight is 258 g/mol. The van der Waals surface area contributed by atoms with E-state index in [1.807, 2.05) is 6.92 Å². The summed E-state index contributed by atoms with van der Waals surface area (Å²) in [4.78, 5) is 22.2. The molecule has 1 unspecified atom stereocenters. The Balaban J connectivity index is 2.51. The van der Waals surface area contributed by atoms with E-state index in [0.29, 0.717) is 11.5 Å². The van der Waals surface area contributed by atoms with Gasteiger partial charge in [0.1, 0.15) is 5.00 Å². The summed E-state index contributed by atoms with van der Waals surface area (Å²) in [5.74, 6) is -1.06. The van der Waals surface area contributed by atoms with Crippen molar-refractivity contribution in [2.75, 3.05) is 19.0 Å². The number of aromatic carboxylic acids is 1. The summed E-state index contributed by atoms with van der Waals surface area (Å²) in [7, 11) is 1.55. The smallest absolute Gasteiger partial charge is 0.338 e. The molecule has 17 heavy (non-hydrogen) atoms. The van der Waals surface area contributed by atoms with Crippen molar-refractivity contribution >= 4 is 28.3 Å². The van der Waals surface area contributed by atoms with Gasteiger partial charge in [-0.2, -0.15) is 0 Å². The summed E-state index contributed by atoms with van der Waals surface area (Å²) in [5.41, 5.74) is 0.0879. The molecule has 0 saturated carbocycles. The van der Waals surface area contributed by atoms with E-state index in [2.05, 4.69) is 10.6 Å². The number of amides is 2. The van der Waals surface area contributed by atoms with Gasteiger partial charge < -0.3 is 15.2 Å². The number of hydrogen-bond donors (Lipinski definition) is 3. The second-order valence-electron chi connectivity index (χ2n) is 3.35. The van der Waals surface area contributed by atoms with Crippen LogP contribution in [0.5, 0.6) is 0 Å². The zero-order chi connectivity index (χ0) is 12.8. The molecule has 6 nitrogen and oxygen atoms in total. The van der Waals surface area contributed by atoms with Crippen molar-refractivity contribution in [2.45, 2.75) is 13.0 Å². The Morgan fingerprint density at radius 3 is 2.88 bits per heavy atom. The van der Waals surface area contributed by atoms with Crippen molar-refractivity contribution in [3.05, 3.63) is 17.0 Å². The molecule has 0 aliphatic heterocycles. The molecule has 0 aliphatic rings. The summed E-state index contributed by atoms with van der Waals surface area (Å²) in [5, 5.41) is 15.8. The molecule has 0 aliphatic carbocycles. The number of carbonyl (C=O) groups excluding carboxylic acids is 1. The number of ether oxygens (including phenoxy) is 1. The average Bonchev–Trinajstić information content (AvgIpc) is 2.74. The third kappa shape index (κ3) is 4.04. The minimum absolute atomic E-state index is 0.0879. The predicted molar refractivity (Wildman–Crippen MR) is 64.8 cm³/mol. The lowest BCUT2D eigenvalue weighted by atomic mass is 10.3. The molecule has 0 spiro atoms. The molecular weight excluding hydrogens is 244 g/mol. The first-order chi connectivity index (χ1) is 8.04. The van der Waals surface area contributed by atoms with Gasteiger partial charge in [0, 0.05) is 13.7 Å². The van der Waals surface area contributed by atoms with Gasteiger partial charge in [0.2, 0.25) is 0 Å². The lowest BCUT2D eigenvalue weighted by Gasteiger charge is -2.11. The lowest BCUT2D eigenvalue weighted by molar-refractivity contribution is 0.0698. The van der Waals surface area contributed by atoms with E-state index in [4.69, 9.17) is 9.84 Å². The predicted octanol–water partition coefficient (Wildman–Crippen LogP) is 1.60. The fraction of sp³-hybridized carbons (Fsp3) is 0.400. The Bertz CT molecular complexity index is 405. The SMILES string of the molecule is COC(C)CNC(=O)Nc1sccc1C(=O)O. The first kappa shape index (κ1) is 13.5. The Morgan fingerprint density at radius 1 is 1.59 bits per heavy atom. The van der Waals surface area contributed by atoms with Gasteiger partial charge in [0.15, 0.2) is 0 Å². The molecule has 0 saturated heterocycles. The maximum absolute atomic E-state index is 11.4. The van der Waals surface area contributed by atoms with Gasteiger partial charge in [-0.05, 0) is 18.4 Å². The molecule has 3 N–H and O–H groups in total. The van der Waals surface area contributed by atoms with E-state index in [9.17, 15) is 9.59 Å². The van der Waals surface area contributed by atoms with Crippen LogP contribution >= 0.6 is 11.3 Å². The number of rotatable bonds is 5. The van der Waals surface area contributed by atoms with E-state index in [1.54, 1.807) is 12.5 Å². The van der Waals surface area contributed by atoms with Crippen LogP contribution in [-0.2, 0) is 4.74 Å². The van der Waals surface area contributed by atoms with Gasteiger partial charge in [-0.1, -0.05) is 0 Å². The Kier molecular flexibility index (Phi) is 4.92. The first-order valence-corrected chi connectivity index (χ1v) is 5.81. The monoisotopic (exact) mass is 258 g/mol.